The van der Waals surface area contributed by atoms with E-state index in [4.69, 9.17) is 0 Å². The molecule has 0 radical (unpaired) electrons. The quantitative estimate of drug-likeness (QED) is 0.749. The average molecular weight is 298 g/mol. The van der Waals surface area contributed by atoms with Gasteiger partial charge in [-0.25, -0.2) is 0 Å². The van der Waals surface area contributed by atoms with Crippen LogP contribution >= 0.6 is 11.3 Å². The van der Waals surface area contributed by atoms with Crippen molar-refractivity contribution in [2.45, 2.75) is 32.2 Å². The number of aliphatic hydroxyl groups excluding tert-OH is 1. The predicted octanol–water partition coefficient (Wildman–Crippen LogP) is 1.49. The van der Waals surface area contributed by atoms with Crippen molar-refractivity contribution in [2.24, 2.45) is 0 Å². The summed E-state index contributed by atoms with van der Waals surface area (Å²) >= 11 is 1.39. The van der Waals surface area contributed by atoms with Crippen LogP contribution in [0.5, 0.6) is 0 Å². The van der Waals surface area contributed by atoms with Gasteiger partial charge < -0.3 is 15.3 Å². The average Bonchev–Trinajstić information content (AvgIpc) is 2.96. The van der Waals surface area contributed by atoms with Crippen LogP contribution in [0.15, 0.2) is 17.5 Å². The van der Waals surface area contributed by atoms with E-state index in [9.17, 15) is 14.7 Å². The minimum Gasteiger partial charge on any atom is -0.394 e. The molecule has 20 heavy (non-hydrogen) atoms. The SMILES string of the molecule is CN(C(=O)CCCNC(=O)c1cccs1)C(C)(C)CO. The Bertz CT molecular complexity index is 443. The van der Waals surface area contributed by atoms with Crippen LogP contribution in [0.1, 0.15) is 36.4 Å². The number of hydrogen-bond donors (Lipinski definition) is 2. The zero-order valence-electron chi connectivity index (χ0n) is 12.2. The lowest BCUT2D eigenvalue weighted by Gasteiger charge is -2.34. The van der Waals surface area contributed by atoms with Crippen molar-refractivity contribution in [3.8, 4) is 0 Å². The molecule has 0 aromatic carbocycles. The molecule has 1 aromatic heterocycles. The second-order valence-electron chi connectivity index (χ2n) is 5.26. The first-order chi connectivity index (χ1) is 9.38. The van der Waals surface area contributed by atoms with Gasteiger partial charge in [0, 0.05) is 20.0 Å². The number of nitrogens with zero attached hydrogens (tertiary/aromatic N) is 1. The topological polar surface area (TPSA) is 69.6 Å². The molecule has 5 nitrogen and oxygen atoms in total. The summed E-state index contributed by atoms with van der Waals surface area (Å²) in [5.74, 6) is -0.133. The Morgan fingerprint density at radius 2 is 2.15 bits per heavy atom. The molecule has 2 N–H and O–H groups in total. The Morgan fingerprint density at radius 3 is 2.70 bits per heavy atom. The number of likely N-dealkylation sites (N-methyl/N-ethyl adjacent to an activating group) is 1. The van der Waals surface area contributed by atoms with Gasteiger partial charge in [-0.3, -0.25) is 9.59 Å². The maximum Gasteiger partial charge on any atom is 0.261 e. The van der Waals surface area contributed by atoms with Crippen LogP contribution in [0.25, 0.3) is 0 Å². The van der Waals surface area contributed by atoms with E-state index < -0.39 is 5.54 Å². The lowest BCUT2D eigenvalue weighted by atomic mass is 10.0. The Kier molecular flexibility index (Phi) is 6.16. The van der Waals surface area contributed by atoms with Crippen molar-refractivity contribution in [3.63, 3.8) is 0 Å². The van der Waals surface area contributed by atoms with Crippen LogP contribution in [0.3, 0.4) is 0 Å². The summed E-state index contributed by atoms with van der Waals surface area (Å²) < 4.78 is 0. The third kappa shape index (κ3) is 4.61. The molecule has 0 saturated heterocycles. The second-order valence-corrected chi connectivity index (χ2v) is 6.21. The standard InChI is InChI=1S/C14H22N2O3S/c1-14(2,10-17)16(3)12(18)7-4-8-15-13(19)11-6-5-9-20-11/h5-6,9,17H,4,7-8,10H2,1-3H3,(H,15,19). The van der Waals surface area contributed by atoms with E-state index >= 15 is 0 Å². The van der Waals surface area contributed by atoms with E-state index in [2.05, 4.69) is 5.32 Å². The number of thiophene rings is 1. The summed E-state index contributed by atoms with van der Waals surface area (Å²) in [7, 11) is 1.68. The number of amides is 2. The van der Waals surface area contributed by atoms with E-state index in [0.29, 0.717) is 24.3 Å². The summed E-state index contributed by atoms with van der Waals surface area (Å²) in [6, 6.07) is 3.59. The Morgan fingerprint density at radius 1 is 1.45 bits per heavy atom. The molecule has 0 aliphatic heterocycles. The molecule has 1 aromatic rings. The Balaban J connectivity index is 2.27. The molecule has 0 spiro atoms. The van der Waals surface area contributed by atoms with Crippen LogP contribution in [0.4, 0.5) is 0 Å². The molecule has 0 bridgehead atoms. The minimum atomic E-state index is -0.558. The van der Waals surface area contributed by atoms with Gasteiger partial charge in [0.05, 0.1) is 17.0 Å². The fourth-order valence-corrected chi connectivity index (χ4v) is 2.19. The zero-order valence-corrected chi connectivity index (χ0v) is 13.0. The van der Waals surface area contributed by atoms with Crippen LogP contribution < -0.4 is 5.32 Å². The number of aliphatic hydroxyl groups is 1. The van der Waals surface area contributed by atoms with E-state index in [1.54, 1.807) is 18.0 Å². The molecule has 0 aliphatic rings. The van der Waals surface area contributed by atoms with Crippen molar-refractivity contribution in [3.05, 3.63) is 22.4 Å². The first-order valence-electron chi connectivity index (χ1n) is 6.57. The van der Waals surface area contributed by atoms with Gasteiger partial charge in [0.25, 0.3) is 5.91 Å². The fraction of sp³-hybridized carbons (Fsp3) is 0.571. The second kappa shape index (κ2) is 7.40. The molecule has 0 unspecified atom stereocenters. The molecule has 0 saturated carbocycles. The monoisotopic (exact) mass is 298 g/mol. The van der Waals surface area contributed by atoms with Gasteiger partial charge in [-0.2, -0.15) is 0 Å². The van der Waals surface area contributed by atoms with Crippen LogP contribution in [-0.4, -0.2) is 47.6 Å². The summed E-state index contributed by atoms with van der Waals surface area (Å²) in [5, 5.41) is 13.8. The fourth-order valence-electron chi connectivity index (χ4n) is 1.55. The van der Waals surface area contributed by atoms with Crippen LogP contribution in [0.2, 0.25) is 0 Å². The van der Waals surface area contributed by atoms with Crippen LogP contribution in [-0.2, 0) is 4.79 Å². The first-order valence-corrected chi connectivity index (χ1v) is 7.45. The van der Waals surface area contributed by atoms with Crippen LogP contribution in [0, 0.1) is 0 Å². The van der Waals surface area contributed by atoms with Gasteiger partial charge in [0.2, 0.25) is 5.91 Å². The molecule has 0 fully saturated rings. The number of nitrogens with one attached hydrogen (secondary N) is 1. The summed E-state index contributed by atoms with van der Waals surface area (Å²) in [4.78, 5) is 25.8. The smallest absolute Gasteiger partial charge is 0.261 e. The minimum absolute atomic E-state index is 0.0329. The highest BCUT2D eigenvalue weighted by atomic mass is 32.1. The van der Waals surface area contributed by atoms with Gasteiger partial charge in [0.15, 0.2) is 0 Å². The van der Waals surface area contributed by atoms with Crippen molar-refractivity contribution < 1.29 is 14.7 Å². The molecule has 112 valence electrons. The maximum absolute atomic E-state index is 11.9. The lowest BCUT2D eigenvalue weighted by molar-refractivity contribution is -0.136. The van der Waals surface area contributed by atoms with Crippen molar-refractivity contribution in [1.82, 2.24) is 10.2 Å². The Labute approximate surface area is 123 Å². The van der Waals surface area contributed by atoms with E-state index in [1.165, 1.54) is 11.3 Å². The summed E-state index contributed by atoms with van der Waals surface area (Å²) in [5.41, 5.74) is -0.558. The lowest BCUT2D eigenvalue weighted by Crippen LogP contribution is -2.47. The third-order valence-corrected chi connectivity index (χ3v) is 4.14. The first kappa shape index (κ1) is 16.7. The largest absolute Gasteiger partial charge is 0.394 e. The molecule has 0 aliphatic carbocycles. The van der Waals surface area contributed by atoms with E-state index in [0.717, 1.165) is 0 Å². The van der Waals surface area contributed by atoms with Crippen molar-refractivity contribution >= 4 is 23.2 Å². The third-order valence-electron chi connectivity index (χ3n) is 3.27. The molecular formula is C14H22N2O3S. The van der Waals surface area contributed by atoms with Gasteiger partial charge in [-0.1, -0.05) is 6.07 Å². The maximum atomic E-state index is 11.9. The van der Waals surface area contributed by atoms with Gasteiger partial charge in [0.1, 0.15) is 0 Å². The summed E-state index contributed by atoms with van der Waals surface area (Å²) in [6.07, 6.45) is 0.937. The molecule has 0 atom stereocenters. The van der Waals surface area contributed by atoms with E-state index in [-0.39, 0.29) is 18.4 Å². The van der Waals surface area contributed by atoms with Gasteiger partial charge in [-0.15, -0.1) is 11.3 Å². The van der Waals surface area contributed by atoms with Crippen molar-refractivity contribution in [1.29, 1.82) is 0 Å². The molecule has 2 amide bonds. The highest BCUT2D eigenvalue weighted by Gasteiger charge is 2.26. The van der Waals surface area contributed by atoms with E-state index in [1.807, 2.05) is 25.3 Å². The molecular weight excluding hydrogens is 276 g/mol. The molecule has 6 heteroatoms. The predicted molar refractivity (Wildman–Crippen MR) is 79.8 cm³/mol. The highest BCUT2D eigenvalue weighted by molar-refractivity contribution is 7.12. The van der Waals surface area contributed by atoms with Gasteiger partial charge in [-0.05, 0) is 31.7 Å². The number of carbonyl (C=O) groups is 2. The molecule has 1 heterocycles. The Hall–Kier alpha value is -1.40. The van der Waals surface area contributed by atoms with Crippen molar-refractivity contribution in [2.75, 3.05) is 20.2 Å². The number of carbonyl (C=O) groups excluding carboxylic acids is 2. The zero-order chi connectivity index (χ0) is 15.2. The number of hydrogen-bond acceptors (Lipinski definition) is 4. The summed E-state index contributed by atoms with van der Waals surface area (Å²) in [6.45, 7) is 4.01. The molecule has 1 rings (SSSR count). The normalized spacial score (nSPS) is 11.2. The number of rotatable bonds is 7. The van der Waals surface area contributed by atoms with Gasteiger partial charge >= 0.3 is 0 Å². The highest BCUT2D eigenvalue weighted by Crippen LogP contribution is 2.13.